The standard InChI is InChI=1S/C20H20N4O4.ClH/c21-19-17-13(23-20(22)24-19)7-4-8-15(17)28-18(16-10-26-11-27-16)14(25)9-12-5-2-1-3-6-12;/h1-8,10,14,18,25H,9,11H2,(H4,21,22,23,24);1H. The number of nitrogen functional groups attached to an aromatic ring is 2. The van der Waals surface area contributed by atoms with E-state index in [1.54, 1.807) is 18.2 Å². The number of hydrogen-bond acceptors (Lipinski definition) is 8. The van der Waals surface area contributed by atoms with Gasteiger partial charge in [-0.2, -0.15) is 4.98 Å². The molecule has 0 saturated carbocycles. The van der Waals surface area contributed by atoms with E-state index in [4.69, 9.17) is 25.7 Å². The summed E-state index contributed by atoms with van der Waals surface area (Å²) < 4.78 is 16.8. The molecule has 2 unspecified atom stereocenters. The van der Waals surface area contributed by atoms with Crippen molar-refractivity contribution in [2.24, 2.45) is 0 Å². The van der Waals surface area contributed by atoms with Crippen LogP contribution in [0.5, 0.6) is 5.75 Å². The van der Waals surface area contributed by atoms with E-state index in [9.17, 15) is 5.11 Å². The highest BCUT2D eigenvalue weighted by Crippen LogP contribution is 2.32. The van der Waals surface area contributed by atoms with Crippen LogP contribution in [-0.2, 0) is 15.9 Å². The van der Waals surface area contributed by atoms with Crippen molar-refractivity contribution in [3.8, 4) is 5.75 Å². The number of hydrogen-bond donors (Lipinski definition) is 3. The Labute approximate surface area is 173 Å². The van der Waals surface area contributed by atoms with Gasteiger partial charge in [-0.15, -0.1) is 12.4 Å². The average molecular weight is 417 g/mol. The van der Waals surface area contributed by atoms with Crippen LogP contribution >= 0.6 is 12.4 Å². The Bertz CT molecular complexity index is 1020. The molecule has 1 aromatic heterocycles. The number of nitrogens with zero attached hydrogens (tertiary/aromatic N) is 2. The first kappa shape index (κ1) is 20.5. The van der Waals surface area contributed by atoms with Crippen LogP contribution in [0.2, 0.25) is 0 Å². The lowest BCUT2D eigenvalue weighted by Crippen LogP contribution is -2.35. The predicted octanol–water partition coefficient (Wildman–Crippen LogP) is 2.41. The largest absolute Gasteiger partial charge is 0.479 e. The number of aliphatic hydroxyl groups is 1. The lowest BCUT2D eigenvalue weighted by atomic mass is 10.0. The summed E-state index contributed by atoms with van der Waals surface area (Å²) in [6.07, 6.45) is 0.129. The summed E-state index contributed by atoms with van der Waals surface area (Å²) in [5.41, 5.74) is 13.2. The average Bonchev–Trinajstić information content (AvgIpc) is 3.20. The zero-order chi connectivity index (χ0) is 19.5. The molecule has 9 heteroatoms. The number of benzene rings is 2. The topological polar surface area (TPSA) is 126 Å². The van der Waals surface area contributed by atoms with Crippen molar-refractivity contribution >= 4 is 35.1 Å². The van der Waals surface area contributed by atoms with Gasteiger partial charge in [0.05, 0.1) is 10.9 Å². The van der Waals surface area contributed by atoms with Crippen LogP contribution < -0.4 is 16.2 Å². The van der Waals surface area contributed by atoms with Gasteiger partial charge in [-0.1, -0.05) is 36.4 Å². The van der Waals surface area contributed by atoms with Gasteiger partial charge in [0.1, 0.15) is 23.9 Å². The molecule has 5 N–H and O–H groups in total. The van der Waals surface area contributed by atoms with E-state index in [-0.39, 0.29) is 31.0 Å². The van der Waals surface area contributed by atoms with Crippen molar-refractivity contribution in [3.63, 3.8) is 0 Å². The monoisotopic (exact) mass is 416 g/mol. The molecule has 0 saturated heterocycles. The number of halogens is 1. The third kappa shape index (κ3) is 4.44. The van der Waals surface area contributed by atoms with E-state index < -0.39 is 12.2 Å². The Morgan fingerprint density at radius 2 is 1.86 bits per heavy atom. The fourth-order valence-corrected chi connectivity index (χ4v) is 3.12. The second-order valence-electron chi connectivity index (χ2n) is 6.36. The van der Waals surface area contributed by atoms with E-state index in [1.165, 1.54) is 6.26 Å². The van der Waals surface area contributed by atoms with E-state index in [1.807, 2.05) is 30.3 Å². The van der Waals surface area contributed by atoms with E-state index in [0.717, 1.165) is 5.56 Å². The summed E-state index contributed by atoms with van der Waals surface area (Å²) >= 11 is 0. The summed E-state index contributed by atoms with van der Waals surface area (Å²) in [5, 5.41) is 11.4. The van der Waals surface area contributed by atoms with Crippen LogP contribution in [0.1, 0.15) is 5.56 Å². The molecule has 1 aliphatic rings. The van der Waals surface area contributed by atoms with Crippen LogP contribution in [0.3, 0.4) is 0 Å². The van der Waals surface area contributed by atoms with Gasteiger partial charge in [0.25, 0.3) is 0 Å². The molecule has 0 bridgehead atoms. The highest BCUT2D eigenvalue weighted by molar-refractivity contribution is 5.94. The van der Waals surface area contributed by atoms with Crippen molar-refractivity contribution < 1.29 is 19.3 Å². The normalized spacial score (nSPS) is 14.9. The molecule has 29 heavy (non-hydrogen) atoms. The van der Waals surface area contributed by atoms with Crippen LogP contribution in [0.25, 0.3) is 10.9 Å². The number of rotatable bonds is 6. The van der Waals surface area contributed by atoms with Crippen molar-refractivity contribution in [1.82, 2.24) is 9.97 Å². The molecule has 152 valence electrons. The number of anilines is 2. The Kier molecular flexibility index (Phi) is 6.26. The minimum atomic E-state index is -0.887. The second-order valence-corrected chi connectivity index (χ2v) is 6.36. The van der Waals surface area contributed by atoms with E-state index in [0.29, 0.717) is 28.8 Å². The van der Waals surface area contributed by atoms with Gasteiger partial charge in [-0.3, -0.25) is 0 Å². The van der Waals surface area contributed by atoms with Crippen LogP contribution in [0.15, 0.2) is 60.6 Å². The quantitative estimate of drug-likeness (QED) is 0.559. The lowest BCUT2D eigenvalue weighted by Gasteiger charge is -2.25. The van der Waals surface area contributed by atoms with Gasteiger partial charge in [0.15, 0.2) is 11.9 Å². The molecule has 1 aliphatic heterocycles. The number of fused-ring (bicyclic) bond motifs is 1. The minimum absolute atomic E-state index is 0. The molecular formula is C20H21ClN4O4. The fourth-order valence-electron chi connectivity index (χ4n) is 3.12. The van der Waals surface area contributed by atoms with Crippen molar-refractivity contribution in [2.75, 3.05) is 18.3 Å². The maximum Gasteiger partial charge on any atom is 0.230 e. The number of ether oxygens (including phenoxy) is 3. The maximum atomic E-state index is 10.9. The summed E-state index contributed by atoms with van der Waals surface area (Å²) in [7, 11) is 0. The summed E-state index contributed by atoms with van der Waals surface area (Å²) in [6.45, 7) is 0.0740. The third-order valence-corrected chi connectivity index (χ3v) is 4.39. The molecule has 0 spiro atoms. The zero-order valence-corrected chi connectivity index (χ0v) is 16.2. The molecule has 3 aromatic rings. The first-order valence-corrected chi connectivity index (χ1v) is 8.76. The maximum absolute atomic E-state index is 10.9. The minimum Gasteiger partial charge on any atom is -0.479 e. The molecule has 0 amide bonds. The lowest BCUT2D eigenvalue weighted by molar-refractivity contribution is 0.00717. The highest BCUT2D eigenvalue weighted by Gasteiger charge is 2.30. The first-order chi connectivity index (χ1) is 13.6. The van der Waals surface area contributed by atoms with Crippen LogP contribution in [0.4, 0.5) is 11.8 Å². The Morgan fingerprint density at radius 1 is 1.07 bits per heavy atom. The van der Waals surface area contributed by atoms with Crippen LogP contribution in [0, 0.1) is 0 Å². The van der Waals surface area contributed by atoms with Gasteiger partial charge < -0.3 is 30.8 Å². The Hall–Kier alpha value is -3.23. The van der Waals surface area contributed by atoms with Crippen molar-refractivity contribution in [2.45, 2.75) is 18.6 Å². The SMILES string of the molecule is Cl.Nc1nc(N)c2c(OC(C3=COCO3)C(O)Cc3ccccc3)cccc2n1. The van der Waals surface area contributed by atoms with Crippen molar-refractivity contribution in [1.29, 1.82) is 0 Å². The van der Waals surface area contributed by atoms with Gasteiger partial charge in [-0.25, -0.2) is 4.98 Å². The first-order valence-electron chi connectivity index (χ1n) is 8.76. The molecule has 0 radical (unpaired) electrons. The smallest absolute Gasteiger partial charge is 0.230 e. The van der Waals surface area contributed by atoms with Gasteiger partial charge in [-0.05, 0) is 17.7 Å². The Morgan fingerprint density at radius 3 is 2.59 bits per heavy atom. The molecule has 4 rings (SSSR count). The van der Waals surface area contributed by atoms with Crippen LogP contribution in [-0.4, -0.2) is 34.1 Å². The van der Waals surface area contributed by atoms with Crippen molar-refractivity contribution in [3.05, 3.63) is 66.1 Å². The van der Waals surface area contributed by atoms with Gasteiger partial charge in [0.2, 0.25) is 12.7 Å². The fraction of sp³-hybridized carbons (Fsp3) is 0.200. The number of nitrogens with two attached hydrogens (primary N) is 2. The van der Waals surface area contributed by atoms with Gasteiger partial charge in [0, 0.05) is 6.42 Å². The molecular weight excluding hydrogens is 396 g/mol. The molecule has 2 aromatic carbocycles. The third-order valence-electron chi connectivity index (χ3n) is 4.39. The molecule has 2 heterocycles. The van der Waals surface area contributed by atoms with E-state index >= 15 is 0 Å². The van der Waals surface area contributed by atoms with Gasteiger partial charge >= 0.3 is 0 Å². The number of aliphatic hydroxyl groups excluding tert-OH is 1. The molecule has 2 atom stereocenters. The number of aromatic nitrogens is 2. The zero-order valence-electron chi connectivity index (χ0n) is 15.4. The predicted molar refractivity (Wildman–Crippen MR) is 111 cm³/mol. The highest BCUT2D eigenvalue weighted by atomic mass is 35.5. The summed E-state index contributed by atoms with van der Waals surface area (Å²) in [6, 6.07) is 14.9. The second kappa shape index (κ2) is 8.85. The molecule has 8 nitrogen and oxygen atoms in total. The molecule has 0 fully saturated rings. The van der Waals surface area contributed by atoms with E-state index in [2.05, 4.69) is 9.97 Å². The summed E-state index contributed by atoms with van der Waals surface area (Å²) in [4.78, 5) is 8.20. The summed E-state index contributed by atoms with van der Waals surface area (Å²) in [5.74, 6) is 1.10. The Balaban J connectivity index is 0.00000240. The molecule has 0 aliphatic carbocycles.